The molecule has 1 N–H and O–H groups in total. The first-order chi connectivity index (χ1) is 18.3. The van der Waals surface area contributed by atoms with Crippen LogP contribution in [0, 0.1) is 0 Å². The van der Waals surface area contributed by atoms with Gasteiger partial charge in [-0.25, -0.2) is 0 Å². The summed E-state index contributed by atoms with van der Waals surface area (Å²) in [6.45, 7) is 9.84. The summed E-state index contributed by atoms with van der Waals surface area (Å²) < 4.78 is 27.7. The molecule has 0 aliphatic rings. The molecule has 7 nitrogen and oxygen atoms in total. The van der Waals surface area contributed by atoms with Crippen LogP contribution < -0.4 is 0 Å². The highest BCUT2D eigenvalue weighted by Gasteiger charge is 2.11. The predicted octanol–water partition coefficient (Wildman–Crippen LogP) is 4.32. The standard InChI is InChI=1S/C30H47NO6/c1-2-30(37-25-24-36-23-22-35-21-20-34-19-18-33-17-16-32)14-9-15-31(26-28-10-5-3-6-11-28)27-29-12-7-4-8-13-29/h3-8,10-13,30,32H,2,9,14-27H2,1H3/t30-/m1/s1. The number of aliphatic hydroxyl groups is 1. The molecule has 0 fully saturated rings. The quantitative estimate of drug-likeness (QED) is 0.208. The lowest BCUT2D eigenvalue weighted by Gasteiger charge is -2.24. The van der Waals surface area contributed by atoms with E-state index in [-0.39, 0.29) is 12.7 Å². The second-order valence-electron chi connectivity index (χ2n) is 8.90. The van der Waals surface area contributed by atoms with Crippen LogP contribution in [0.1, 0.15) is 37.3 Å². The van der Waals surface area contributed by atoms with E-state index in [4.69, 9.17) is 28.8 Å². The molecule has 0 bridgehead atoms. The molecule has 0 saturated carbocycles. The van der Waals surface area contributed by atoms with Crippen molar-refractivity contribution in [2.75, 3.05) is 72.6 Å². The summed E-state index contributed by atoms with van der Waals surface area (Å²) in [4.78, 5) is 2.52. The third-order valence-corrected chi connectivity index (χ3v) is 5.89. The fourth-order valence-corrected chi connectivity index (χ4v) is 3.95. The number of ether oxygens (including phenoxy) is 5. The lowest BCUT2D eigenvalue weighted by atomic mass is 10.1. The van der Waals surface area contributed by atoms with Gasteiger partial charge in [-0.15, -0.1) is 0 Å². The van der Waals surface area contributed by atoms with Crippen LogP contribution in [0.3, 0.4) is 0 Å². The van der Waals surface area contributed by atoms with Crippen LogP contribution in [-0.2, 0) is 36.8 Å². The zero-order chi connectivity index (χ0) is 26.2. The number of rotatable bonds is 24. The molecule has 0 aliphatic heterocycles. The Balaban J connectivity index is 1.53. The van der Waals surface area contributed by atoms with Crippen molar-refractivity contribution in [2.45, 2.75) is 45.4 Å². The maximum absolute atomic E-state index is 8.61. The highest BCUT2D eigenvalue weighted by atomic mass is 16.6. The third-order valence-electron chi connectivity index (χ3n) is 5.89. The van der Waals surface area contributed by atoms with Gasteiger partial charge in [0.1, 0.15) is 0 Å². The molecule has 0 saturated heterocycles. The fourth-order valence-electron chi connectivity index (χ4n) is 3.95. The Morgan fingerprint density at radius 3 is 1.57 bits per heavy atom. The highest BCUT2D eigenvalue weighted by Crippen LogP contribution is 2.13. The van der Waals surface area contributed by atoms with Gasteiger partial charge >= 0.3 is 0 Å². The van der Waals surface area contributed by atoms with Gasteiger partial charge in [0.25, 0.3) is 0 Å². The van der Waals surface area contributed by atoms with Crippen molar-refractivity contribution >= 4 is 0 Å². The molecule has 0 unspecified atom stereocenters. The van der Waals surface area contributed by atoms with E-state index < -0.39 is 0 Å². The number of hydrogen-bond donors (Lipinski definition) is 1. The molecule has 2 aromatic rings. The second-order valence-corrected chi connectivity index (χ2v) is 8.90. The third kappa shape index (κ3) is 16.6. The Bertz CT molecular complexity index is 707. The van der Waals surface area contributed by atoms with Gasteiger partial charge in [0, 0.05) is 13.1 Å². The minimum absolute atomic E-state index is 0.0381. The summed E-state index contributed by atoms with van der Waals surface area (Å²) in [5, 5.41) is 8.61. The molecule has 7 heteroatoms. The summed E-state index contributed by atoms with van der Waals surface area (Å²) in [6, 6.07) is 21.4. The molecule has 2 aromatic carbocycles. The molecule has 208 valence electrons. The molecule has 0 aliphatic carbocycles. The van der Waals surface area contributed by atoms with Gasteiger partial charge in [-0.1, -0.05) is 67.6 Å². The zero-order valence-corrected chi connectivity index (χ0v) is 22.6. The average molecular weight is 518 g/mol. The molecule has 2 rings (SSSR count). The van der Waals surface area contributed by atoms with Gasteiger partial charge in [0.15, 0.2) is 0 Å². The van der Waals surface area contributed by atoms with Gasteiger partial charge in [-0.3, -0.25) is 4.90 Å². The van der Waals surface area contributed by atoms with Crippen LogP contribution in [0.25, 0.3) is 0 Å². The van der Waals surface area contributed by atoms with Crippen molar-refractivity contribution in [3.05, 3.63) is 71.8 Å². The SMILES string of the molecule is CC[C@H](CCCN(Cc1ccccc1)Cc1ccccc1)OCCOCCOCCOCCOCCO. The van der Waals surface area contributed by atoms with Gasteiger partial charge in [0.2, 0.25) is 0 Å². The van der Waals surface area contributed by atoms with Crippen LogP contribution in [-0.4, -0.2) is 88.7 Å². The topological polar surface area (TPSA) is 69.6 Å². The van der Waals surface area contributed by atoms with Gasteiger partial charge in [-0.2, -0.15) is 0 Å². The Labute approximate surface area is 223 Å². The number of hydrogen-bond acceptors (Lipinski definition) is 7. The smallest absolute Gasteiger partial charge is 0.0704 e. The van der Waals surface area contributed by atoms with Crippen molar-refractivity contribution in [3.63, 3.8) is 0 Å². The largest absolute Gasteiger partial charge is 0.394 e. The highest BCUT2D eigenvalue weighted by molar-refractivity contribution is 5.17. The van der Waals surface area contributed by atoms with Gasteiger partial charge in [0.05, 0.1) is 72.2 Å². The molecular formula is C30H47NO6. The van der Waals surface area contributed by atoms with Crippen LogP contribution in [0.5, 0.6) is 0 Å². The first-order valence-electron chi connectivity index (χ1n) is 13.7. The van der Waals surface area contributed by atoms with Crippen molar-refractivity contribution in [3.8, 4) is 0 Å². The van der Waals surface area contributed by atoms with E-state index in [9.17, 15) is 0 Å². The predicted molar refractivity (Wildman–Crippen MR) is 147 cm³/mol. The van der Waals surface area contributed by atoms with E-state index in [0.29, 0.717) is 59.5 Å². The fraction of sp³-hybridized carbons (Fsp3) is 0.600. The Kier molecular flexibility index (Phi) is 18.8. The monoisotopic (exact) mass is 517 g/mol. The van der Waals surface area contributed by atoms with E-state index >= 15 is 0 Å². The van der Waals surface area contributed by atoms with Gasteiger partial charge in [-0.05, 0) is 36.9 Å². The Morgan fingerprint density at radius 2 is 1.11 bits per heavy atom. The van der Waals surface area contributed by atoms with Gasteiger partial charge < -0.3 is 28.8 Å². The van der Waals surface area contributed by atoms with E-state index in [2.05, 4.69) is 72.5 Å². The average Bonchev–Trinajstić information content (AvgIpc) is 2.93. The molecule has 0 amide bonds. The summed E-state index contributed by atoms with van der Waals surface area (Å²) in [7, 11) is 0. The maximum Gasteiger partial charge on any atom is 0.0704 e. The summed E-state index contributed by atoms with van der Waals surface area (Å²) in [6.07, 6.45) is 3.41. The lowest BCUT2D eigenvalue weighted by Crippen LogP contribution is -2.25. The molecule has 0 aromatic heterocycles. The minimum Gasteiger partial charge on any atom is -0.394 e. The first kappa shape index (κ1) is 31.4. The lowest BCUT2D eigenvalue weighted by molar-refractivity contribution is -0.0262. The number of benzene rings is 2. The van der Waals surface area contributed by atoms with E-state index in [1.54, 1.807) is 0 Å². The van der Waals surface area contributed by atoms with E-state index in [0.717, 1.165) is 38.9 Å². The molecular weight excluding hydrogens is 470 g/mol. The maximum atomic E-state index is 8.61. The van der Waals surface area contributed by atoms with Crippen molar-refractivity contribution in [1.82, 2.24) is 4.90 Å². The molecule has 0 radical (unpaired) electrons. The van der Waals surface area contributed by atoms with E-state index in [1.165, 1.54) is 11.1 Å². The Hall–Kier alpha value is -1.84. The summed E-state index contributed by atoms with van der Waals surface area (Å²) in [5.41, 5.74) is 2.69. The summed E-state index contributed by atoms with van der Waals surface area (Å²) >= 11 is 0. The number of aliphatic hydroxyl groups excluding tert-OH is 1. The first-order valence-corrected chi connectivity index (χ1v) is 13.7. The molecule has 37 heavy (non-hydrogen) atoms. The van der Waals surface area contributed by atoms with E-state index in [1.807, 2.05) is 0 Å². The second kappa shape index (κ2) is 22.2. The van der Waals surface area contributed by atoms with Crippen molar-refractivity contribution in [1.29, 1.82) is 0 Å². The molecule has 1 atom stereocenters. The van der Waals surface area contributed by atoms with Crippen LogP contribution in [0.2, 0.25) is 0 Å². The molecule has 0 heterocycles. The zero-order valence-electron chi connectivity index (χ0n) is 22.6. The van der Waals surface area contributed by atoms with Crippen molar-refractivity contribution in [2.24, 2.45) is 0 Å². The minimum atomic E-state index is 0.0381. The molecule has 0 spiro atoms. The van der Waals surface area contributed by atoms with Crippen LogP contribution in [0.15, 0.2) is 60.7 Å². The van der Waals surface area contributed by atoms with Crippen LogP contribution >= 0.6 is 0 Å². The normalized spacial score (nSPS) is 12.3. The number of nitrogens with zero attached hydrogens (tertiary/aromatic N) is 1. The van der Waals surface area contributed by atoms with Crippen molar-refractivity contribution < 1.29 is 28.8 Å². The Morgan fingerprint density at radius 1 is 0.649 bits per heavy atom. The van der Waals surface area contributed by atoms with Crippen LogP contribution in [0.4, 0.5) is 0 Å². The summed E-state index contributed by atoms with van der Waals surface area (Å²) in [5.74, 6) is 0.